The standard InChI is InChI=1S/C24H26FN5O3/c1-29(18-3-4-18)21-6-8-26-11-22(21)30(15-31)12-23-27-20-5-2-17(25)10-19(20)24(28-23)33-14-16-7-9-32-13-16/h2,5-6,8,10-11,15-16,18H,3-4,7,9,12-14H2,1H3. The van der Waals surface area contributed by atoms with Gasteiger partial charge in [0.2, 0.25) is 12.3 Å². The molecular weight excluding hydrogens is 425 g/mol. The van der Waals surface area contributed by atoms with E-state index in [0.717, 1.165) is 38.0 Å². The summed E-state index contributed by atoms with van der Waals surface area (Å²) in [7, 11) is 2.03. The van der Waals surface area contributed by atoms with Crippen molar-refractivity contribution in [2.45, 2.75) is 31.8 Å². The number of rotatable bonds is 9. The average Bonchev–Trinajstić information content (AvgIpc) is 3.56. The number of ether oxygens (including phenoxy) is 2. The van der Waals surface area contributed by atoms with Crippen LogP contribution in [0.4, 0.5) is 15.8 Å². The monoisotopic (exact) mass is 451 g/mol. The molecule has 1 amide bonds. The number of hydrogen-bond acceptors (Lipinski definition) is 7. The number of carbonyl (C=O) groups excluding carboxylic acids is 1. The number of halogens is 1. The molecule has 0 spiro atoms. The Bertz CT molecular complexity index is 1150. The van der Waals surface area contributed by atoms with Crippen LogP contribution in [0.3, 0.4) is 0 Å². The Morgan fingerprint density at radius 2 is 2.09 bits per heavy atom. The highest BCUT2D eigenvalue weighted by atomic mass is 19.1. The molecule has 9 heteroatoms. The normalized spacial score (nSPS) is 17.8. The molecule has 5 rings (SSSR count). The smallest absolute Gasteiger partial charge is 0.224 e. The molecule has 1 unspecified atom stereocenters. The van der Waals surface area contributed by atoms with E-state index in [1.807, 2.05) is 13.1 Å². The predicted octanol–water partition coefficient (Wildman–Crippen LogP) is 3.34. The summed E-state index contributed by atoms with van der Waals surface area (Å²) in [5, 5.41) is 0.505. The first kappa shape index (κ1) is 21.5. The Hall–Kier alpha value is -3.33. The number of nitrogens with zero attached hydrogens (tertiary/aromatic N) is 5. The van der Waals surface area contributed by atoms with Gasteiger partial charge in [-0.15, -0.1) is 0 Å². The maximum absolute atomic E-state index is 13.9. The van der Waals surface area contributed by atoms with Crippen LogP contribution in [0.15, 0.2) is 36.7 Å². The van der Waals surface area contributed by atoms with Gasteiger partial charge in [0.05, 0.1) is 48.2 Å². The Balaban J connectivity index is 1.45. The zero-order chi connectivity index (χ0) is 22.8. The highest BCUT2D eigenvalue weighted by Gasteiger charge is 2.29. The third-order valence-corrected chi connectivity index (χ3v) is 6.15. The first-order valence-electron chi connectivity index (χ1n) is 11.2. The summed E-state index contributed by atoms with van der Waals surface area (Å²) in [5.74, 6) is 0.608. The summed E-state index contributed by atoms with van der Waals surface area (Å²) in [4.78, 5) is 29.2. The molecule has 1 saturated carbocycles. The number of benzene rings is 1. The second-order valence-corrected chi connectivity index (χ2v) is 8.59. The fourth-order valence-corrected chi connectivity index (χ4v) is 4.10. The van der Waals surface area contributed by atoms with Crippen LogP contribution in [-0.4, -0.2) is 54.3 Å². The van der Waals surface area contributed by atoms with E-state index in [1.54, 1.807) is 23.4 Å². The zero-order valence-corrected chi connectivity index (χ0v) is 18.5. The molecule has 33 heavy (non-hydrogen) atoms. The molecule has 8 nitrogen and oxygen atoms in total. The molecule has 3 aromatic rings. The Morgan fingerprint density at radius 3 is 2.85 bits per heavy atom. The van der Waals surface area contributed by atoms with Crippen molar-refractivity contribution in [3.05, 3.63) is 48.3 Å². The molecule has 2 fully saturated rings. The van der Waals surface area contributed by atoms with Gasteiger partial charge >= 0.3 is 0 Å². The van der Waals surface area contributed by atoms with Crippen molar-refractivity contribution in [2.24, 2.45) is 5.92 Å². The maximum Gasteiger partial charge on any atom is 0.224 e. The van der Waals surface area contributed by atoms with Crippen LogP contribution in [-0.2, 0) is 16.1 Å². The molecule has 1 saturated heterocycles. The van der Waals surface area contributed by atoms with Crippen LogP contribution < -0.4 is 14.5 Å². The molecule has 1 aliphatic carbocycles. The van der Waals surface area contributed by atoms with Crippen molar-refractivity contribution in [2.75, 3.05) is 36.7 Å². The van der Waals surface area contributed by atoms with Crippen LogP contribution >= 0.6 is 0 Å². The Kier molecular flexibility index (Phi) is 6.04. The van der Waals surface area contributed by atoms with Gasteiger partial charge < -0.3 is 19.3 Å². The number of amides is 1. The van der Waals surface area contributed by atoms with E-state index in [4.69, 9.17) is 9.47 Å². The van der Waals surface area contributed by atoms with Gasteiger partial charge in [-0.3, -0.25) is 9.78 Å². The summed E-state index contributed by atoms with van der Waals surface area (Å²) in [5.41, 5.74) is 2.18. The lowest BCUT2D eigenvalue weighted by molar-refractivity contribution is -0.107. The molecule has 1 aliphatic heterocycles. The van der Waals surface area contributed by atoms with Crippen molar-refractivity contribution in [1.82, 2.24) is 15.0 Å². The van der Waals surface area contributed by atoms with Gasteiger partial charge in [-0.25, -0.2) is 9.37 Å². The number of carbonyl (C=O) groups is 1. The van der Waals surface area contributed by atoms with Gasteiger partial charge in [0, 0.05) is 31.8 Å². The minimum absolute atomic E-state index is 0.136. The zero-order valence-electron chi connectivity index (χ0n) is 18.5. The molecule has 0 bridgehead atoms. The summed E-state index contributed by atoms with van der Waals surface area (Å²) >= 11 is 0. The average molecular weight is 452 g/mol. The first-order valence-corrected chi connectivity index (χ1v) is 11.2. The van der Waals surface area contributed by atoms with E-state index < -0.39 is 0 Å². The second-order valence-electron chi connectivity index (χ2n) is 8.59. The number of aromatic nitrogens is 3. The summed E-state index contributed by atoms with van der Waals surface area (Å²) in [6.45, 7) is 1.92. The number of pyridine rings is 1. The lowest BCUT2D eigenvalue weighted by Gasteiger charge is -2.26. The molecule has 3 heterocycles. The molecular formula is C24H26FN5O3. The van der Waals surface area contributed by atoms with Crippen LogP contribution in [0.5, 0.6) is 5.88 Å². The summed E-state index contributed by atoms with van der Waals surface area (Å²) in [6, 6.07) is 6.72. The fourth-order valence-electron chi connectivity index (χ4n) is 4.10. The minimum atomic E-state index is -0.384. The van der Waals surface area contributed by atoms with E-state index in [-0.39, 0.29) is 18.3 Å². The van der Waals surface area contributed by atoms with Gasteiger partial charge in [0.15, 0.2) is 5.82 Å². The van der Waals surface area contributed by atoms with E-state index in [1.165, 1.54) is 12.1 Å². The Labute approximate surface area is 191 Å². The Morgan fingerprint density at radius 1 is 1.21 bits per heavy atom. The molecule has 2 aromatic heterocycles. The number of anilines is 2. The molecule has 172 valence electrons. The van der Waals surface area contributed by atoms with Crippen molar-refractivity contribution in [1.29, 1.82) is 0 Å². The van der Waals surface area contributed by atoms with Gasteiger partial charge in [-0.2, -0.15) is 4.98 Å². The van der Waals surface area contributed by atoms with Crippen molar-refractivity contribution >= 4 is 28.7 Å². The van der Waals surface area contributed by atoms with Gasteiger partial charge in [-0.05, 0) is 43.5 Å². The molecule has 2 aliphatic rings. The second kappa shape index (κ2) is 9.27. The van der Waals surface area contributed by atoms with Crippen LogP contribution in [0.1, 0.15) is 25.1 Å². The predicted molar refractivity (Wildman–Crippen MR) is 122 cm³/mol. The fraction of sp³-hybridized carbons (Fsp3) is 0.417. The quantitative estimate of drug-likeness (QED) is 0.462. The highest BCUT2D eigenvalue weighted by molar-refractivity contribution is 5.85. The summed E-state index contributed by atoms with van der Waals surface area (Å²) in [6.07, 6.45) is 7.35. The van der Waals surface area contributed by atoms with Gasteiger partial charge in [0.1, 0.15) is 5.82 Å². The topological polar surface area (TPSA) is 80.7 Å². The first-order chi connectivity index (χ1) is 16.1. The number of fused-ring (bicyclic) bond motifs is 1. The summed E-state index contributed by atoms with van der Waals surface area (Å²) < 4.78 is 25.3. The van der Waals surface area contributed by atoms with Crippen LogP contribution in [0.25, 0.3) is 10.9 Å². The van der Waals surface area contributed by atoms with Gasteiger partial charge in [-0.1, -0.05) is 0 Å². The maximum atomic E-state index is 13.9. The lowest BCUT2D eigenvalue weighted by Crippen LogP contribution is -2.27. The molecule has 1 atom stereocenters. The SMILES string of the molecule is CN(c1ccncc1N(C=O)Cc1nc(OCC2CCOC2)c2cc(F)ccc2n1)C1CC1. The van der Waals surface area contributed by atoms with E-state index >= 15 is 0 Å². The minimum Gasteiger partial charge on any atom is -0.477 e. The number of hydrogen-bond donors (Lipinski definition) is 0. The van der Waals surface area contributed by atoms with Gasteiger partial charge in [0.25, 0.3) is 0 Å². The van der Waals surface area contributed by atoms with Crippen molar-refractivity contribution in [3.63, 3.8) is 0 Å². The molecule has 1 aromatic carbocycles. The molecule has 0 N–H and O–H groups in total. The van der Waals surface area contributed by atoms with Crippen LogP contribution in [0.2, 0.25) is 0 Å². The lowest BCUT2D eigenvalue weighted by atomic mass is 10.1. The van der Waals surface area contributed by atoms with Crippen LogP contribution in [0, 0.1) is 11.7 Å². The van der Waals surface area contributed by atoms with Crippen molar-refractivity contribution < 1.29 is 18.7 Å². The molecule has 0 radical (unpaired) electrons. The third kappa shape index (κ3) is 4.73. The van der Waals surface area contributed by atoms with E-state index in [2.05, 4.69) is 19.9 Å². The van der Waals surface area contributed by atoms with E-state index in [0.29, 0.717) is 47.6 Å². The largest absolute Gasteiger partial charge is 0.477 e. The highest BCUT2D eigenvalue weighted by Crippen LogP contribution is 2.36. The van der Waals surface area contributed by atoms with E-state index in [9.17, 15) is 9.18 Å². The van der Waals surface area contributed by atoms with Crippen molar-refractivity contribution in [3.8, 4) is 5.88 Å². The third-order valence-electron chi connectivity index (χ3n) is 6.15.